The molecule has 0 aliphatic carbocycles. The topological polar surface area (TPSA) is 395 Å². The van der Waals surface area contributed by atoms with Gasteiger partial charge in [-0.1, -0.05) is 24.4 Å². The Balaban J connectivity index is 0.893. The number of aliphatic carboxylic acids is 5. The number of carboxylic acid groups (broad SMARTS) is 5. The van der Waals surface area contributed by atoms with Crippen molar-refractivity contribution in [1.82, 2.24) is 44.9 Å². The molecule has 2 aromatic carbocycles. The average molecular weight is 1180 g/mol. The zero-order chi connectivity index (χ0) is 60.1. The summed E-state index contributed by atoms with van der Waals surface area (Å²) < 4.78 is 5.57. The molecule has 452 valence electrons. The molecule has 0 bridgehead atoms. The van der Waals surface area contributed by atoms with E-state index in [1.165, 1.54) is 18.3 Å². The third kappa shape index (κ3) is 25.2. The number of aromatic nitrogens is 4. The van der Waals surface area contributed by atoms with Gasteiger partial charge in [-0.15, -0.1) is 0 Å². The van der Waals surface area contributed by atoms with Gasteiger partial charge in [0.15, 0.2) is 11.2 Å². The number of ether oxygens (including phenoxy) is 1. The van der Waals surface area contributed by atoms with Crippen molar-refractivity contribution in [1.29, 1.82) is 0 Å². The molecule has 1 aliphatic heterocycles. The molecule has 2 atom stereocenters. The molecule has 2 aromatic heterocycles. The summed E-state index contributed by atoms with van der Waals surface area (Å²) in [6.45, 7) is 2.23. The predicted molar refractivity (Wildman–Crippen MR) is 306 cm³/mol. The maximum absolute atomic E-state index is 12.9. The van der Waals surface area contributed by atoms with Crippen molar-refractivity contribution in [2.45, 2.75) is 82.8 Å². The molecule has 29 heteroatoms. The third-order valence-electron chi connectivity index (χ3n) is 13.3. The van der Waals surface area contributed by atoms with E-state index >= 15 is 0 Å². The molecule has 4 aromatic rings. The van der Waals surface area contributed by atoms with Crippen LogP contribution in [0.2, 0.25) is 0 Å². The van der Waals surface area contributed by atoms with Crippen molar-refractivity contribution in [2.24, 2.45) is 0 Å². The van der Waals surface area contributed by atoms with E-state index < -0.39 is 53.4 Å². The summed E-state index contributed by atoms with van der Waals surface area (Å²) in [5.41, 5.74) is 8.15. The number of nitrogens with one attached hydrogen (secondary N) is 4. The second-order valence-electron chi connectivity index (χ2n) is 19.7. The van der Waals surface area contributed by atoms with Gasteiger partial charge in [0.2, 0.25) is 5.95 Å². The molecule has 3 heterocycles. The highest BCUT2D eigenvalue weighted by Crippen LogP contribution is 2.18. The van der Waals surface area contributed by atoms with Crippen LogP contribution < -0.4 is 27.2 Å². The normalized spacial score (nSPS) is 14.8. The van der Waals surface area contributed by atoms with Crippen LogP contribution in [0.5, 0.6) is 0 Å². The predicted octanol–water partition coefficient (Wildman–Crippen LogP) is 2.05. The molecule has 28 nitrogen and oxygen atoms in total. The Morgan fingerprint density at radius 2 is 1.24 bits per heavy atom. The Hall–Kier alpha value is -7.64. The number of unbranched alkanes of at least 4 members (excludes halogenated alkanes) is 2. The lowest BCUT2D eigenvalue weighted by Gasteiger charge is -2.35. The summed E-state index contributed by atoms with van der Waals surface area (Å²) in [7, 11) is 0. The van der Waals surface area contributed by atoms with E-state index in [0.717, 1.165) is 17.7 Å². The number of hydrogen-bond donors (Lipinski definition) is 10. The Labute approximate surface area is 483 Å². The minimum atomic E-state index is -1.27. The van der Waals surface area contributed by atoms with Crippen LogP contribution in [0.1, 0.15) is 79.4 Å². The molecule has 1 fully saturated rings. The molecular formula is C54H74N12O16S. The first kappa shape index (κ1) is 66.2. The zero-order valence-electron chi connectivity index (χ0n) is 46.1. The van der Waals surface area contributed by atoms with Crippen LogP contribution >= 0.6 is 12.2 Å². The van der Waals surface area contributed by atoms with Crippen LogP contribution in [0.25, 0.3) is 11.2 Å². The lowest BCUT2D eigenvalue weighted by molar-refractivity contribution is -0.299. The summed E-state index contributed by atoms with van der Waals surface area (Å²) in [5.74, 6) is -6.32. The fourth-order valence-corrected chi connectivity index (χ4v) is 9.12. The van der Waals surface area contributed by atoms with Gasteiger partial charge in [0.1, 0.15) is 24.5 Å². The number of aromatic amines is 1. The quantitative estimate of drug-likeness (QED) is 0.0136. The van der Waals surface area contributed by atoms with Crippen molar-refractivity contribution < 1.29 is 73.6 Å². The smallest absolute Gasteiger partial charge is 0.326 e. The van der Waals surface area contributed by atoms with E-state index in [0.29, 0.717) is 61.7 Å². The number of nitrogen functional groups attached to an aromatic ring is 1. The monoisotopic (exact) mass is 1180 g/mol. The summed E-state index contributed by atoms with van der Waals surface area (Å²) in [6.07, 6.45) is 5.39. The number of ketones is 1. The van der Waals surface area contributed by atoms with Gasteiger partial charge < -0.3 is 52.0 Å². The number of nitrogens with two attached hydrogens (primary N) is 1. The second kappa shape index (κ2) is 35.4. The summed E-state index contributed by atoms with van der Waals surface area (Å²) >= 11 is 5.55. The molecule has 0 radical (unpaired) electrons. The Kier molecular flexibility index (Phi) is 28.2. The van der Waals surface area contributed by atoms with Crippen LogP contribution in [-0.2, 0) is 56.2 Å². The molecule has 1 aliphatic rings. The number of amides is 1. The highest BCUT2D eigenvalue weighted by Gasteiger charge is 2.28. The first-order valence-electron chi connectivity index (χ1n) is 27.2. The highest BCUT2D eigenvalue weighted by atomic mass is 32.1. The van der Waals surface area contributed by atoms with E-state index in [2.05, 4.69) is 35.9 Å². The molecule has 5 rings (SSSR count). The van der Waals surface area contributed by atoms with Gasteiger partial charge in [0.05, 0.1) is 56.3 Å². The molecule has 83 heavy (non-hydrogen) atoms. The number of nitrogens with zero attached hydrogens (tertiary/aromatic N) is 7. The number of rotatable bonds is 35. The number of carbonyl (C=O) groups excluding carboxylic acids is 2. The largest absolute Gasteiger partial charge is 0.480 e. The van der Waals surface area contributed by atoms with Gasteiger partial charge in [-0.3, -0.25) is 58.1 Å². The van der Waals surface area contributed by atoms with Crippen LogP contribution in [0.3, 0.4) is 0 Å². The van der Waals surface area contributed by atoms with Crippen molar-refractivity contribution in [3.8, 4) is 0 Å². The number of anilines is 3. The number of Topliss-reactive ketones (excluding diaryl/α,β-unsaturated/α-hetero) is 1. The lowest BCUT2D eigenvalue weighted by Crippen LogP contribution is -2.51. The number of hydrogen-bond acceptors (Lipinski definition) is 21. The second-order valence-corrected chi connectivity index (χ2v) is 20.2. The maximum atomic E-state index is 12.9. The number of carbonyl (C=O) groups is 7. The molecule has 1 saturated heterocycles. The molecule has 11 N–H and O–H groups in total. The fourth-order valence-electron chi connectivity index (χ4n) is 8.86. The molecule has 1 amide bonds. The van der Waals surface area contributed by atoms with Crippen LogP contribution in [-0.4, -0.2) is 222 Å². The van der Waals surface area contributed by atoms with Crippen molar-refractivity contribution >= 4 is 87.2 Å². The number of carboxylic acids is 5. The Morgan fingerprint density at radius 1 is 0.663 bits per heavy atom. The van der Waals surface area contributed by atoms with Gasteiger partial charge in [-0.05, 0) is 93.3 Å². The zero-order valence-corrected chi connectivity index (χ0v) is 46.9. The van der Waals surface area contributed by atoms with E-state index in [1.54, 1.807) is 31.7 Å². The minimum Gasteiger partial charge on any atom is -0.480 e. The van der Waals surface area contributed by atoms with Crippen molar-refractivity contribution in [3.63, 3.8) is 0 Å². The summed E-state index contributed by atoms with van der Waals surface area (Å²) in [6, 6.07) is 11.6. The first-order valence-corrected chi connectivity index (χ1v) is 27.6. The van der Waals surface area contributed by atoms with E-state index in [1.807, 2.05) is 24.3 Å². The minimum absolute atomic E-state index is 0.0243. The number of benzene rings is 2. The fraction of sp³-hybridized carbons (Fsp3) is 0.519. The summed E-state index contributed by atoms with van der Waals surface area (Å²) in [5, 5.41) is 57.5. The molecular weight excluding hydrogens is 1100 g/mol. The first-order chi connectivity index (χ1) is 39.8. The summed E-state index contributed by atoms with van der Waals surface area (Å²) in [4.78, 5) is 130. The highest BCUT2D eigenvalue weighted by molar-refractivity contribution is 7.80. The van der Waals surface area contributed by atoms with Crippen molar-refractivity contribution in [3.05, 3.63) is 81.9 Å². The lowest BCUT2D eigenvalue weighted by atomic mass is 10.0. The van der Waals surface area contributed by atoms with E-state index in [4.69, 9.17) is 32.5 Å². The molecule has 0 saturated carbocycles. The van der Waals surface area contributed by atoms with Crippen LogP contribution in [0, 0.1) is 0 Å². The van der Waals surface area contributed by atoms with Gasteiger partial charge in [0, 0.05) is 88.7 Å². The number of H-pyrrole nitrogens is 1. The number of thiocarbonyl (C=S) groups is 1. The average Bonchev–Trinajstić information content (AvgIpc) is 3.44. The van der Waals surface area contributed by atoms with Crippen LogP contribution in [0.15, 0.2) is 59.5 Å². The van der Waals surface area contributed by atoms with E-state index in [-0.39, 0.29) is 146 Å². The van der Waals surface area contributed by atoms with Gasteiger partial charge in [-0.2, -0.15) is 4.98 Å². The standard InChI is InChI=1S/C54H74N12O16S/c55-54-61-49-48(51(75)62-54)59-40(32-57-49)31-56-38-14-10-37(11-15-38)50(74)60-42(52(76)77)17-16-41(67)5-1-3-27-80-29-30-82-81-28-4-2-6-44(83)58-39-12-7-36(8-13-39)9-18-43(53(78)79)66-25-23-64(34-46(70)71)21-19-63(33-45(68)69)20-22-65(24-26-66)35-47(72)73/h7-8,10-15,32,42-43,56H,1-6,9,16-31,33-35H2,(H,58,83)(H,60,74)(H,68,69)(H,70,71)(H,72,73)(H,76,77)(H,78,79)(H3,55,57,61,62,75)/t42-,43?/m0/s1. The molecule has 1 unspecified atom stereocenters. The SMILES string of the molecule is Nc1nc2ncc(CNc3ccc(C(=O)N[C@@H](CCC(=O)CCCCOCCOOCCCCC(=S)Nc4ccc(CCC(C(=O)O)N5CCN(CC(=O)O)CCN(CC(=O)O)CCN(CC(=O)O)CC5)cc4)C(=O)O)cc3)nc2c(=O)[nH]1. The van der Waals surface area contributed by atoms with Gasteiger partial charge in [0.25, 0.3) is 11.5 Å². The van der Waals surface area contributed by atoms with Gasteiger partial charge >= 0.3 is 29.8 Å². The van der Waals surface area contributed by atoms with Crippen molar-refractivity contribution in [2.75, 3.05) is 115 Å². The number of fused-ring (bicyclic) bond motifs is 1. The van der Waals surface area contributed by atoms with E-state index in [9.17, 15) is 63.9 Å². The Morgan fingerprint density at radius 3 is 1.84 bits per heavy atom. The number of aryl methyl sites for hydroxylation is 1. The maximum Gasteiger partial charge on any atom is 0.326 e. The molecule has 0 spiro atoms. The third-order valence-corrected chi connectivity index (χ3v) is 13.6. The van der Waals surface area contributed by atoms with Crippen LogP contribution in [0.4, 0.5) is 17.3 Å². The van der Waals surface area contributed by atoms with Gasteiger partial charge in [-0.25, -0.2) is 24.5 Å². The Bertz CT molecular complexity index is 2820.